The van der Waals surface area contributed by atoms with Gasteiger partial charge < -0.3 is 24.8 Å². The molecular formula is C21H33N7OS. The van der Waals surface area contributed by atoms with Gasteiger partial charge in [0.25, 0.3) is 0 Å². The van der Waals surface area contributed by atoms with Crippen LogP contribution in [0.25, 0.3) is 0 Å². The number of likely N-dealkylation sites (tertiary alicyclic amines) is 1. The minimum absolute atomic E-state index is 0.442. The highest BCUT2D eigenvalue weighted by atomic mass is 32.1. The highest BCUT2D eigenvalue weighted by molar-refractivity contribution is 7.09. The van der Waals surface area contributed by atoms with Gasteiger partial charge in [0.1, 0.15) is 12.4 Å². The molecule has 0 spiro atoms. The van der Waals surface area contributed by atoms with E-state index in [0.717, 1.165) is 63.3 Å². The standard InChI is InChI=1S/C21H33N7OS/c1-16-25-26-20(27(16)2)13-23-21(22-12-19-4-3-11-30-19)24-18-5-8-28(9-6-18)14-17-7-10-29-15-17/h3-4,11,17-18H,5-10,12-15H2,1-2H3,(H2,22,23,24). The van der Waals surface area contributed by atoms with Crippen molar-refractivity contribution in [1.29, 1.82) is 0 Å². The normalized spacial score (nSPS) is 21.3. The van der Waals surface area contributed by atoms with Crippen molar-refractivity contribution < 1.29 is 4.74 Å². The van der Waals surface area contributed by atoms with E-state index in [4.69, 9.17) is 9.73 Å². The Hall–Kier alpha value is -1.97. The van der Waals surface area contributed by atoms with Crippen molar-refractivity contribution in [3.8, 4) is 0 Å². The van der Waals surface area contributed by atoms with Crippen LogP contribution in [-0.4, -0.2) is 64.5 Å². The molecule has 0 aliphatic carbocycles. The molecule has 4 heterocycles. The van der Waals surface area contributed by atoms with Crippen LogP contribution in [-0.2, 0) is 24.9 Å². The second kappa shape index (κ2) is 10.4. The average molecular weight is 432 g/mol. The maximum atomic E-state index is 5.53. The Morgan fingerprint density at radius 3 is 2.83 bits per heavy atom. The SMILES string of the molecule is Cc1nnc(CN=C(NCc2cccs2)NC2CCN(CC3CCOC3)CC2)n1C. The number of piperidine rings is 1. The highest BCUT2D eigenvalue weighted by Gasteiger charge is 2.24. The Balaban J connectivity index is 1.32. The van der Waals surface area contributed by atoms with Crippen molar-refractivity contribution in [3.63, 3.8) is 0 Å². The second-order valence-corrected chi connectivity index (χ2v) is 9.30. The van der Waals surface area contributed by atoms with E-state index in [1.807, 2.05) is 18.5 Å². The molecule has 2 aliphatic heterocycles. The first kappa shape index (κ1) is 21.3. The molecule has 30 heavy (non-hydrogen) atoms. The smallest absolute Gasteiger partial charge is 0.192 e. The third-order valence-corrected chi connectivity index (χ3v) is 6.92. The molecule has 4 rings (SSSR count). The van der Waals surface area contributed by atoms with Crippen LogP contribution in [0.2, 0.25) is 0 Å². The van der Waals surface area contributed by atoms with Crippen molar-refractivity contribution in [2.75, 3.05) is 32.8 Å². The van der Waals surface area contributed by atoms with Crippen LogP contribution in [0.3, 0.4) is 0 Å². The predicted molar refractivity (Wildman–Crippen MR) is 120 cm³/mol. The molecule has 2 fully saturated rings. The van der Waals surface area contributed by atoms with Gasteiger partial charge in [0.2, 0.25) is 0 Å². The first-order valence-electron chi connectivity index (χ1n) is 10.9. The molecule has 2 saturated heterocycles. The third kappa shape index (κ3) is 5.80. The van der Waals surface area contributed by atoms with Crippen molar-refractivity contribution in [2.45, 2.75) is 45.3 Å². The quantitative estimate of drug-likeness (QED) is 0.515. The minimum Gasteiger partial charge on any atom is -0.381 e. The summed E-state index contributed by atoms with van der Waals surface area (Å²) in [4.78, 5) is 8.70. The van der Waals surface area contributed by atoms with Gasteiger partial charge in [0.05, 0.1) is 13.2 Å². The fourth-order valence-corrected chi connectivity index (χ4v) is 4.67. The summed E-state index contributed by atoms with van der Waals surface area (Å²) in [5.74, 6) is 3.35. The number of thiophene rings is 1. The molecule has 8 nitrogen and oxygen atoms in total. The zero-order chi connectivity index (χ0) is 20.8. The number of ether oxygens (including phenoxy) is 1. The molecule has 0 radical (unpaired) electrons. The maximum absolute atomic E-state index is 5.53. The maximum Gasteiger partial charge on any atom is 0.192 e. The Bertz CT molecular complexity index is 805. The van der Waals surface area contributed by atoms with Gasteiger partial charge in [-0.2, -0.15) is 0 Å². The van der Waals surface area contributed by atoms with Gasteiger partial charge >= 0.3 is 0 Å². The van der Waals surface area contributed by atoms with Gasteiger partial charge in [-0.3, -0.25) is 0 Å². The van der Waals surface area contributed by atoms with E-state index >= 15 is 0 Å². The van der Waals surface area contributed by atoms with Gasteiger partial charge in [-0.15, -0.1) is 21.5 Å². The van der Waals surface area contributed by atoms with Crippen LogP contribution in [0.15, 0.2) is 22.5 Å². The number of aryl methyl sites for hydroxylation is 1. The zero-order valence-electron chi connectivity index (χ0n) is 18.0. The van der Waals surface area contributed by atoms with E-state index < -0.39 is 0 Å². The largest absolute Gasteiger partial charge is 0.381 e. The molecule has 2 aliphatic rings. The summed E-state index contributed by atoms with van der Waals surface area (Å²) in [6.07, 6.45) is 3.48. The number of aromatic nitrogens is 3. The summed E-state index contributed by atoms with van der Waals surface area (Å²) in [6.45, 7) is 8.56. The lowest BCUT2D eigenvalue weighted by Crippen LogP contribution is -2.49. The molecule has 0 aromatic carbocycles. The van der Waals surface area contributed by atoms with Crippen LogP contribution >= 0.6 is 11.3 Å². The van der Waals surface area contributed by atoms with Gasteiger partial charge in [0.15, 0.2) is 11.8 Å². The topological polar surface area (TPSA) is 79.6 Å². The average Bonchev–Trinajstić information content (AvgIpc) is 3.51. The number of guanidine groups is 1. The van der Waals surface area contributed by atoms with E-state index in [0.29, 0.717) is 18.5 Å². The Morgan fingerprint density at radius 1 is 1.30 bits per heavy atom. The summed E-state index contributed by atoms with van der Waals surface area (Å²) < 4.78 is 7.52. The number of hydrogen-bond donors (Lipinski definition) is 2. The van der Waals surface area contributed by atoms with Crippen molar-refractivity contribution in [2.24, 2.45) is 18.0 Å². The number of aliphatic imine (C=N–C) groups is 1. The molecule has 0 saturated carbocycles. The molecular weight excluding hydrogens is 398 g/mol. The van der Waals surface area contributed by atoms with Crippen LogP contribution in [0.1, 0.15) is 35.8 Å². The van der Waals surface area contributed by atoms with Crippen molar-refractivity contribution in [3.05, 3.63) is 34.0 Å². The number of rotatable bonds is 7. The van der Waals surface area contributed by atoms with E-state index in [9.17, 15) is 0 Å². The number of nitrogens with one attached hydrogen (secondary N) is 2. The predicted octanol–water partition coefficient (Wildman–Crippen LogP) is 1.92. The summed E-state index contributed by atoms with van der Waals surface area (Å²) in [5.41, 5.74) is 0. The Morgan fingerprint density at radius 2 is 2.17 bits per heavy atom. The van der Waals surface area contributed by atoms with Crippen LogP contribution in [0.5, 0.6) is 0 Å². The Kier molecular flexibility index (Phi) is 7.35. The monoisotopic (exact) mass is 431 g/mol. The molecule has 164 valence electrons. The summed E-state index contributed by atoms with van der Waals surface area (Å²) in [5, 5.41) is 17.6. The molecule has 2 N–H and O–H groups in total. The number of nitrogens with zero attached hydrogens (tertiary/aromatic N) is 5. The second-order valence-electron chi connectivity index (χ2n) is 8.27. The van der Waals surface area contributed by atoms with Gasteiger partial charge in [-0.25, -0.2) is 4.99 Å². The van der Waals surface area contributed by atoms with E-state index in [2.05, 4.69) is 43.2 Å². The Labute approximate surface area is 182 Å². The minimum atomic E-state index is 0.442. The fourth-order valence-electron chi connectivity index (χ4n) is 4.02. The lowest BCUT2D eigenvalue weighted by Gasteiger charge is -2.34. The van der Waals surface area contributed by atoms with Crippen molar-refractivity contribution >= 4 is 17.3 Å². The van der Waals surface area contributed by atoms with Crippen LogP contribution < -0.4 is 10.6 Å². The number of hydrogen-bond acceptors (Lipinski definition) is 6. The van der Waals surface area contributed by atoms with Crippen LogP contribution in [0, 0.1) is 12.8 Å². The lowest BCUT2D eigenvalue weighted by atomic mass is 10.0. The van der Waals surface area contributed by atoms with E-state index in [1.54, 1.807) is 11.3 Å². The molecule has 9 heteroatoms. The van der Waals surface area contributed by atoms with Gasteiger partial charge in [-0.1, -0.05) is 6.07 Å². The molecule has 1 unspecified atom stereocenters. The molecule has 0 bridgehead atoms. The summed E-state index contributed by atoms with van der Waals surface area (Å²) in [7, 11) is 1.98. The van der Waals surface area contributed by atoms with E-state index in [-0.39, 0.29) is 0 Å². The fraction of sp³-hybridized carbons (Fsp3) is 0.667. The highest BCUT2D eigenvalue weighted by Crippen LogP contribution is 2.18. The lowest BCUT2D eigenvalue weighted by molar-refractivity contribution is 0.150. The van der Waals surface area contributed by atoms with Crippen molar-refractivity contribution in [1.82, 2.24) is 30.3 Å². The zero-order valence-corrected chi connectivity index (χ0v) is 18.8. The van der Waals surface area contributed by atoms with Gasteiger partial charge in [-0.05, 0) is 43.6 Å². The van der Waals surface area contributed by atoms with E-state index in [1.165, 1.54) is 17.8 Å². The summed E-state index contributed by atoms with van der Waals surface area (Å²) in [6, 6.07) is 4.67. The summed E-state index contributed by atoms with van der Waals surface area (Å²) >= 11 is 1.76. The molecule has 1 atom stereocenters. The third-order valence-electron chi connectivity index (χ3n) is 6.04. The van der Waals surface area contributed by atoms with Crippen LogP contribution in [0.4, 0.5) is 0 Å². The first-order chi connectivity index (χ1) is 14.7. The van der Waals surface area contributed by atoms with Gasteiger partial charge in [0, 0.05) is 44.2 Å². The first-order valence-corrected chi connectivity index (χ1v) is 11.8. The molecule has 0 amide bonds. The molecule has 2 aromatic heterocycles. The molecule has 2 aromatic rings.